The molecule has 2 aliphatic heterocycles. The van der Waals surface area contributed by atoms with Crippen molar-refractivity contribution in [3.05, 3.63) is 77.0 Å². The lowest BCUT2D eigenvalue weighted by Crippen LogP contribution is -2.45. The van der Waals surface area contributed by atoms with E-state index in [1.807, 2.05) is 0 Å². The molecule has 0 atom stereocenters. The number of carbonyl (C=O) groups excluding carboxylic acids is 1. The fourth-order valence-corrected chi connectivity index (χ4v) is 4.20. The lowest BCUT2D eigenvalue weighted by atomic mass is 10.0. The van der Waals surface area contributed by atoms with Crippen LogP contribution in [0, 0.1) is 11.6 Å². The molecule has 1 aromatic heterocycles. The Morgan fingerprint density at radius 3 is 2.41 bits per heavy atom. The van der Waals surface area contributed by atoms with Gasteiger partial charge in [-0.25, -0.2) is 13.8 Å². The smallest absolute Gasteiger partial charge is 0.257 e. The number of ether oxygens (including phenoxy) is 1. The third-order valence-electron chi connectivity index (χ3n) is 6.22. The van der Waals surface area contributed by atoms with Gasteiger partial charge in [-0.15, -0.1) is 0 Å². The number of carbonyl (C=O) groups is 1. The van der Waals surface area contributed by atoms with Crippen LogP contribution < -0.4 is 9.64 Å². The molecule has 0 spiro atoms. The molecule has 34 heavy (non-hydrogen) atoms. The molecule has 5 rings (SSSR count). The van der Waals surface area contributed by atoms with Gasteiger partial charge in [-0.2, -0.15) is 4.98 Å². The summed E-state index contributed by atoms with van der Waals surface area (Å²) in [6.07, 6.45) is 0.499. The van der Waals surface area contributed by atoms with Gasteiger partial charge in [0.15, 0.2) is 0 Å². The molecule has 0 N–H and O–H groups in total. The molecule has 3 heterocycles. The highest BCUT2D eigenvalue weighted by Crippen LogP contribution is 2.32. The molecule has 1 saturated heterocycles. The molecule has 176 valence electrons. The summed E-state index contributed by atoms with van der Waals surface area (Å²) in [4.78, 5) is 28.5. The first-order chi connectivity index (χ1) is 16.5. The third kappa shape index (κ3) is 4.56. The predicted molar refractivity (Wildman–Crippen MR) is 123 cm³/mol. The Labute approximate surface area is 196 Å². The number of nitrogens with zero attached hydrogens (tertiary/aromatic N) is 5. The average molecular weight is 466 g/mol. The average Bonchev–Trinajstić information content (AvgIpc) is 2.85. The van der Waals surface area contributed by atoms with Gasteiger partial charge in [0.05, 0.1) is 23.4 Å². The van der Waals surface area contributed by atoms with E-state index >= 15 is 0 Å². The summed E-state index contributed by atoms with van der Waals surface area (Å²) in [5.74, 6) is 0.0396. The Hall–Kier alpha value is -3.59. The fraction of sp³-hybridized carbons (Fsp3) is 0.320. The summed E-state index contributed by atoms with van der Waals surface area (Å²) in [5, 5.41) is 0. The van der Waals surface area contributed by atoms with Gasteiger partial charge in [0, 0.05) is 39.1 Å². The topological polar surface area (TPSA) is 61.8 Å². The Kier molecular flexibility index (Phi) is 6.10. The van der Waals surface area contributed by atoms with E-state index in [0.29, 0.717) is 36.1 Å². The van der Waals surface area contributed by atoms with Crippen molar-refractivity contribution in [2.24, 2.45) is 0 Å². The van der Waals surface area contributed by atoms with Crippen LogP contribution in [0.5, 0.6) is 11.6 Å². The monoisotopic (exact) mass is 465 g/mol. The SMILES string of the molecule is CN1CCN(c2nc3c(c(Oc4ccc(F)cc4)n2)CN(C(=O)c2ccccc2F)CC3)CC1. The van der Waals surface area contributed by atoms with E-state index in [4.69, 9.17) is 14.7 Å². The quantitative estimate of drug-likeness (QED) is 0.588. The zero-order chi connectivity index (χ0) is 23.7. The molecule has 0 radical (unpaired) electrons. The molecule has 1 amide bonds. The minimum Gasteiger partial charge on any atom is -0.438 e. The molecule has 2 aromatic carbocycles. The number of fused-ring (bicyclic) bond motifs is 1. The van der Waals surface area contributed by atoms with Gasteiger partial charge < -0.3 is 19.4 Å². The van der Waals surface area contributed by atoms with E-state index < -0.39 is 5.82 Å². The van der Waals surface area contributed by atoms with Crippen molar-refractivity contribution >= 4 is 11.9 Å². The van der Waals surface area contributed by atoms with Crippen molar-refractivity contribution < 1.29 is 18.3 Å². The van der Waals surface area contributed by atoms with Gasteiger partial charge in [-0.1, -0.05) is 12.1 Å². The van der Waals surface area contributed by atoms with Crippen LogP contribution >= 0.6 is 0 Å². The van der Waals surface area contributed by atoms with Crippen LogP contribution in [0.4, 0.5) is 14.7 Å². The molecule has 0 aliphatic carbocycles. The zero-order valence-corrected chi connectivity index (χ0v) is 18.9. The summed E-state index contributed by atoms with van der Waals surface area (Å²) in [6.45, 7) is 4.00. The standard InChI is InChI=1S/C25H25F2N5O2/c1-30-12-14-31(15-13-30)25-28-22-10-11-32(24(33)19-4-2-3-5-21(19)27)16-20(22)23(29-25)34-18-8-6-17(26)7-9-18/h2-9H,10-16H2,1H3. The molecule has 1 fully saturated rings. The molecule has 0 unspecified atom stereocenters. The number of aromatic nitrogens is 2. The second-order valence-corrected chi connectivity index (χ2v) is 8.56. The highest BCUT2D eigenvalue weighted by molar-refractivity contribution is 5.94. The van der Waals surface area contributed by atoms with E-state index in [0.717, 1.165) is 31.9 Å². The number of piperazine rings is 1. The highest BCUT2D eigenvalue weighted by Gasteiger charge is 2.29. The van der Waals surface area contributed by atoms with Crippen LogP contribution in [0.25, 0.3) is 0 Å². The Bertz CT molecular complexity index is 1200. The normalized spacial score (nSPS) is 16.3. The fourth-order valence-electron chi connectivity index (χ4n) is 4.20. The van der Waals surface area contributed by atoms with Gasteiger partial charge in [-0.05, 0) is 43.4 Å². The maximum Gasteiger partial charge on any atom is 0.257 e. The van der Waals surface area contributed by atoms with Crippen molar-refractivity contribution in [3.8, 4) is 11.6 Å². The maximum absolute atomic E-state index is 14.2. The van der Waals surface area contributed by atoms with Crippen LogP contribution in [-0.2, 0) is 13.0 Å². The van der Waals surface area contributed by atoms with Crippen molar-refractivity contribution in [2.45, 2.75) is 13.0 Å². The predicted octanol–water partition coefficient (Wildman–Crippen LogP) is 3.50. The molecule has 0 saturated carbocycles. The first-order valence-electron chi connectivity index (χ1n) is 11.3. The number of amides is 1. The van der Waals surface area contributed by atoms with E-state index in [2.05, 4.69) is 16.8 Å². The summed E-state index contributed by atoms with van der Waals surface area (Å²) in [7, 11) is 2.08. The summed E-state index contributed by atoms with van der Waals surface area (Å²) in [6, 6.07) is 11.7. The van der Waals surface area contributed by atoms with Gasteiger partial charge in [0.2, 0.25) is 11.8 Å². The largest absolute Gasteiger partial charge is 0.438 e. The van der Waals surface area contributed by atoms with Crippen molar-refractivity contribution in [1.82, 2.24) is 19.8 Å². The molecule has 3 aromatic rings. The van der Waals surface area contributed by atoms with Crippen LogP contribution in [-0.4, -0.2) is 65.4 Å². The minimum atomic E-state index is -0.553. The third-order valence-corrected chi connectivity index (χ3v) is 6.22. The van der Waals surface area contributed by atoms with Crippen molar-refractivity contribution in [3.63, 3.8) is 0 Å². The van der Waals surface area contributed by atoms with Crippen LogP contribution in [0.15, 0.2) is 48.5 Å². The van der Waals surface area contributed by atoms with Crippen LogP contribution in [0.2, 0.25) is 0 Å². The van der Waals surface area contributed by atoms with E-state index in [1.54, 1.807) is 17.0 Å². The van der Waals surface area contributed by atoms with E-state index in [-0.39, 0.29) is 23.8 Å². The number of benzene rings is 2. The number of likely N-dealkylation sites (N-methyl/N-ethyl adjacent to an activating group) is 1. The summed E-state index contributed by atoms with van der Waals surface area (Å²) >= 11 is 0. The van der Waals surface area contributed by atoms with Gasteiger partial charge in [0.1, 0.15) is 17.4 Å². The van der Waals surface area contributed by atoms with Crippen molar-refractivity contribution in [1.29, 1.82) is 0 Å². The second kappa shape index (κ2) is 9.34. The number of rotatable bonds is 4. The Morgan fingerprint density at radius 1 is 0.941 bits per heavy atom. The second-order valence-electron chi connectivity index (χ2n) is 8.56. The zero-order valence-electron chi connectivity index (χ0n) is 18.9. The molecule has 0 bridgehead atoms. The Balaban J connectivity index is 1.48. The molecular formula is C25H25F2N5O2. The maximum atomic E-state index is 14.2. The summed E-state index contributed by atoms with van der Waals surface area (Å²) in [5.41, 5.74) is 1.51. The molecular weight excluding hydrogens is 440 g/mol. The number of hydrogen-bond acceptors (Lipinski definition) is 6. The van der Waals surface area contributed by atoms with Crippen LogP contribution in [0.3, 0.4) is 0 Å². The minimum absolute atomic E-state index is 0.0296. The number of halogens is 2. The molecule has 7 nitrogen and oxygen atoms in total. The van der Waals surface area contributed by atoms with E-state index in [1.165, 1.54) is 36.4 Å². The van der Waals surface area contributed by atoms with Crippen molar-refractivity contribution in [2.75, 3.05) is 44.7 Å². The molecule has 9 heteroatoms. The van der Waals surface area contributed by atoms with Gasteiger partial charge in [-0.3, -0.25) is 4.79 Å². The highest BCUT2D eigenvalue weighted by atomic mass is 19.1. The van der Waals surface area contributed by atoms with Gasteiger partial charge >= 0.3 is 0 Å². The van der Waals surface area contributed by atoms with Gasteiger partial charge in [0.25, 0.3) is 5.91 Å². The first kappa shape index (κ1) is 22.2. The Morgan fingerprint density at radius 2 is 1.68 bits per heavy atom. The first-order valence-corrected chi connectivity index (χ1v) is 11.3. The molecule has 2 aliphatic rings. The summed E-state index contributed by atoms with van der Waals surface area (Å²) < 4.78 is 33.7. The lowest BCUT2D eigenvalue weighted by Gasteiger charge is -2.34. The lowest BCUT2D eigenvalue weighted by molar-refractivity contribution is 0.0727. The number of anilines is 1. The van der Waals surface area contributed by atoms with Crippen LogP contribution in [0.1, 0.15) is 21.6 Å². The van der Waals surface area contributed by atoms with E-state index in [9.17, 15) is 13.6 Å². The number of hydrogen-bond donors (Lipinski definition) is 0.